The molecule has 3 rings (SSSR count). The van der Waals surface area contributed by atoms with Crippen LogP contribution in [0.5, 0.6) is 0 Å². The lowest BCUT2D eigenvalue weighted by atomic mass is 10.1. The zero-order chi connectivity index (χ0) is 18.5. The van der Waals surface area contributed by atoms with Gasteiger partial charge in [0.2, 0.25) is 0 Å². The number of pyridine rings is 1. The fourth-order valence-electron chi connectivity index (χ4n) is 2.66. The highest BCUT2D eigenvalue weighted by Crippen LogP contribution is 2.26. The molecule has 1 aromatic carbocycles. The predicted molar refractivity (Wildman–Crippen MR) is 103 cm³/mol. The van der Waals surface area contributed by atoms with Gasteiger partial charge in [0, 0.05) is 18.9 Å². The zero-order valence-electron chi connectivity index (χ0n) is 14.2. The topological polar surface area (TPSA) is 59.8 Å². The summed E-state index contributed by atoms with van der Waals surface area (Å²) < 4.78 is 1.74. The van der Waals surface area contributed by atoms with Crippen LogP contribution in [0.3, 0.4) is 0 Å². The Labute approximate surface area is 162 Å². The van der Waals surface area contributed by atoms with Gasteiger partial charge in [0.15, 0.2) is 0 Å². The van der Waals surface area contributed by atoms with Gasteiger partial charge in [0.05, 0.1) is 33.2 Å². The van der Waals surface area contributed by atoms with Crippen molar-refractivity contribution in [2.75, 3.05) is 0 Å². The van der Waals surface area contributed by atoms with Crippen LogP contribution in [0.2, 0.25) is 10.0 Å². The summed E-state index contributed by atoms with van der Waals surface area (Å²) in [6, 6.07) is 9.03. The van der Waals surface area contributed by atoms with Gasteiger partial charge in [-0.05, 0) is 42.3 Å². The van der Waals surface area contributed by atoms with E-state index in [9.17, 15) is 4.79 Å². The molecule has 2 aromatic heterocycles. The molecule has 0 aliphatic heterocycles. The first-order valence-electron chi connectivity index (χ1n) is 8.29. The molecule has 0 atom stereocenters. The van der Waals surface area contributed by atoms with Crippen LogP contribution in [-0.4, -0.2) is 20.7 Å². The molecule has 5 nitrogen and oxygen atoms in total. The van der Waals surface area contributed by atoms with Crippen LogP contribution in [0, 0.1) is 0 Å². The first-order valence-corrected chi connectivity index (χ1v) is 9.05. The molecule has 0 fully saturated rings. The summed E-state index contributed by atoms with van der Waals surface area (Å²) in [5.41, 5.74) is 3.17. The van der Waals surface area contributed by atoms with Crippen LogP contribution in [-0.2, 0) is 13.0 Å². The Morgan fingerprint density at radius 3 is 2.62 bits per heavy atom. The van der Waals surface area contributed by atoms with Crippen molar-refractivity contribution < 1.29 is 4.79 Å². The second-order valence-corrected chi connectivity index (χ2v) is 6.62. The van der Waals surface area contributed by atoms with Crippen molar-refractivity contribution in [2.24, 2.45) is 0 Å². The van der Waals surface area contributed by atoms with Crippen molar-refractivity contribution in [3.8, 4) is 5.69 Å². The van der Waals surface area contributed by atoms with Crippen molar-refractivity contribution in [3.05, 3.63) is 75.8 Å². The van der Waals surface area contributed by atoms with Gasteiger partial charge in [-0.2, -0.15) is 5.10 Å². The quantitative estimate of drug-likeness (QED) is 0.677. The van der Waals surface area contributed by atoms with E-state index in [1.165, 1.54) is 0 Å². The summed E-state index contributed by atoms with van der Waals surface area (Å²) in [6.07, 6.45) is 6.60. The second kappa shape index (κ2) is 8.34. The molecule has 0 bridgehead atoms. The van der Waals surface area contributed by atoms with E-state index in [2.05, 4.69) is 22.3 Å². The molecular weight excluding hydrogens is 371 g/mol. The lowest BCUT2D eigenvalue weighted by molar-refractivity contribution is 0.0950. The first kappa shape index (κ1) is 18.4. The summed E-state index contributed by atoms with van der Waals surface area (Å²) in [7, 11) is 0. The average Bonchev–Trinajstić information content (AvgIpc) is 3.07. The van der Waals surface area contributed by atoms with E-state index in [-0.39, 0.29) is 5.91 Å². The minimum Gasteiger partial charge on any atom is -0.348 e. The summed E-state index contributed by atoms with van der Waals surface area (Å²) in [4.78, 5) is 16.6. The smallest absolute Gasteiger partial charge is 0.255 e. The van der Waals surface area contributed by atoms with Crippen molar-refractivity contribution in [2.45, 2.75) is 26.3 Å². The number of benzene rings is 1. The maximum absolute atomic E-state index is 12.7. The molecule has 0 spiro atoms. The van der Waals surface area contributed by atoms with Crippen LogP contribution in [0.15, 0.2) is 48.9 Å². The van der Waals surface area contributed by atoms with Crippen LogP contribution < -0.4 is 5.32 Å². The molecule has 0 aliphatic rings. The van der Waals surface area contributed by atoms with Gasteiger partial charge in [-0.15, -0.1) is 0 Å². The van der Waals surface area contributed by atoms with Crippen molar-refractivity contribution >= 4 is 29.1 Å². The van der Waals surface area contributed by atoms with E-state index in [1.54, 1.807) is 35.4 Å². The van der Waals surface area contributed by atoms with Crippen molar-refractivity contribution in [1.29, 1.82) is 0 Å². The summed E-state index contributed by atoms with van der Waals surface area (Å²) >= 11 is 12.1. The average molecular weight is 389 g/mol. The Morgan fingerprint density at radius 1 is 1.15 bits per heavy atom. The van der Waals surface area contributed by atoms with E-state index in [1.807, 2.05) is 18.2 Å². The number of carbonyl (C=O) groups excluding carboxylic acids is 1. The Bertz CT molecular complexity index is 909. The number of nitrogens with zero attached hydrogens (tertiary/aromatic N) is 3. The maximum atomic E-state index is 12.7. The third kappa shape index (κ3) is 4.06. The summed E-state index contributed by atoms with van der Waals surface area (Å²) in [5, 5.41) is 8.26. The number of carbonyl (C=O) groups is 1. The Morgan fingerprint density at radius 2 is 1.92 bits per heavy atom. The molecule has 0 saturated heterocycles. The molecule has 1 amide bonds. The van der Waals surface area contributed by atoms with Gasteiger partial charge in [-0.25, -0.2) is 4.68 Å². The van der Waals surface area contributed by atoms with Crippen LogP contribution >= 0.6 is 23.2 Å². The lowest BCUT2D eigenvalue weighted by Gasteiger charge is -2.10. The van der Waals surface area contributed by atoms with E-state index in [0.717, 1.165) is 29.8 Å². The minimum absolute atomic E-state index is 0.156. The highest BCUT2D eigenvalue weighted by atomic mass is 35.5. The van der Waals surface area contributed by atoms with E-state index < -0.39 is 0 Å². The molecule has 7 heteroatoms. The third-order valence-electron chi connectivity index (χ3n) is 3.95. The van der Waals surface area contributed by atoms with Crippen LogP contribution in [0.1, 0.15) is 35.0 Å². The van der Waals surface area contributed by atoms with Crippen LogP contribution in [0.25, 0.3) is 5.69 Å². The first-order chi connectivity index (χ1) is 12.6. The number of halogens is 2. The lowest BCUT2D eigenvalue weighted by Crippen LogP contribution is -2.24. The highest BCUT2D eigenvalue weighted by molar-refractivity contribution is 6.42. The van der Waals surface area contributed by atoms with E-state index in [4.69, 9.17) is 23.2 Å². The fourth-order valence-corrected chi connectivity index (χ4v) is 2.95. The Hall–Kier alpha value is -2.37. The number of amides is 1. The molecule has 1 N–H and O–H groups in total. The number of aromatic nitrogens is 3. The Balaban J connectivity index is 1.86. The monoisotopic (exact) mass is 388 g/mol. The normalized spacial score (nSPS) is 10.7. The summed E-state index contributed by atoms with van der Waals surface area (Å²) in [5.74, 6) is -0.156. The zero-order valence-corrected chi connectivity index (χ0v) is 15.8. The van der Waals surface area contributed by atoms with Gasteiger partial charge in [-0.1, -0.05) is 36.5 Å². The van der Waals surface area contributed by atoms with Gasteiger partial charge >= 0.3 is 0 Å². The van der Waals surface area contributed by atoms with E-state index in [0.29, 0.717) is 22.2 Å². The highest BCUT2D eigenvalue weighted by Gasteiger charge is 2.18. The van der Waals surface area contributed by atoms with Gasteiger partial charge in [0.25, 0.3) is 5.91 Å². The third-order valence-corrected chi connectivity index (χ3v) is 4.69. The minimum atomic E-state index is -0.156. The number of rotatable bonds is 6. The molecular formula is C19H18Cl2N4O. The maximum Gasteiger partial charge on any atom is 0.255 e. The Kier molecular flexibility index (Phi) is 5.91. The fraction of sp³-hybridized carbons (Fsp3) is 0.211. The molecule has 26 heavy (non-hydrogen) atoms. The van der Waals surface area contributed by atoms with E-state index >= 15 is 0 Å². The largest absolute Gasteiger partial charge is 0.348 e. The molecule has 3 aromatic rings. The molecule has 0 unspecified atom stereocenters. The van der Waals surface area contributed by atoms with Crippen molar-refractivity contribution in [3.63, 3.8) is 0 Å². The molecule has 0 saturated carbocycles. The molecule has 0 aliphatic carbocycles. The number of nitrogens with one attached hydrogen (secondary N) is 1. The van der Waals surface area contributed by atoms with Crippen molar-refractivity contribution in [1.82, 2.24) is 20.1 Å². The van der Waals surface area contributed by atoms with Gasteiger partial charge in [-0.3, -0.25) is 9.78 Å². The van der Waals surface area contributed by atoms with Gasteiger partial charge in [0.1, 0.15) is 0 Å². The standard InChI is InChI=1S/C19H18Cl2N4O/c1-2-3-18-15(19(26)23-11-13-6-8-22-9-7-13)12-24-25(18)14-4-5-16(20)17(21)10-14/h4-10,12H,2-3,11H2,1H3,(H,23,26). The second-order valence-electron chi connectivity index (χ2n) is 5.80. The summed E-state index contributed by atoms with van der Waals surface area (Å²) in [6.45, 7) is 2.50. The molecule has 134 valence electrons. The number of hydrogen-bond donors (Lipinski definition) is 1. The SMILES string of the molecule is CCCc1c(C(=O)NCc2ccncc2)cnn1-c1ccc(Cl)c(Cl)c1. The molecule has 2 heterocycles. The van der Waals surface area contributed by atoms with Gasteiger partial charge < -0.3 is 5.32 Å². The molecule has 0 radical (unpaired) electrons. The van der Waals surface area contributed by atoms with Crippen LogP contribution in [0.4, 0.5) is 0 Å². The predicted octanol–water partition coefficient (Wildman–Crippen LogP) is 4.46. The number of hydrogen-bond acceptors (Lipinski definition) is 3.